The Morgan fingerprint density at radius 1 is 0.356 bits per heavy atom. The fourth-order valence-electron chi connectivity index (χ4n) is 12.0. The van der Waals surface area contributed by atoms with E-state index in [1.54, 1.807) is 0 Å². The number of benzene rings is 12. The molecule has 0 amide bonds. The molecule has 0 bridgehead atoms. The van der Waals surface area contributed by atoms with Gasteiger partial charge in [0.05, 0.1) is 5.69 Å². The number of rotatable bonds is 8. The Bertz CT molecular complexity index is 4250. The maximum Gasteiger partial charge on any atom is 0.159 e. The van der Waals surface area contributed by atoms with Crippen molar-refractivity contribution in [2.45, 2.75) is 26.2 Å². The summed E-state index contributed by atoms with van der Waals surface area (Å²) in [6.07, 6.45) is 0. The number of hydrogen-bond acceptors (Lipinski definition) is 3. The van der Waals surface area contributed by atoms with Crippen molar-refractivity contribution >= 4 is 88.4 Å². The van der Waals surface area contributed by atoms with Gasteiger partial charge in [-0.15, -0.1) is 0 Å². The minimum absolute atomic E-state index is 0.336. The molecule has 0 N–H and O–H groups in total. The van der Waals surface area contributed by atoms with Crippen molar-refractivity contribution in [2.24, 2.45) is 0 Å². The molecular weight excluding hydrogens is 885 g/mol. The lowest BCUT2D eigenvalue weighted by Crippen LogP contribution is -2.25. The average Bonchev–Trinajstić information content (AvgIpc) is 3.84. The van der Waals surface area contributed by atoms with Crippen molar-refractivity contribution in [1.82, 2.24) is 0 Å². The number of nitrogens with zero attached hydrogens (tertiary/aromatic N) is 2. The van der Waals surface area contributed by atoms with Gasteiger partial charge in [0.2, 0.25) is 0 Å². The summed E-state index contributed by atoms with van der Waals surface area (Å²) in [5.41, 5.74) is 19.1. The van der Waals surface area contributed by atoms with Crippen LogP contribution in [-0.4, -0.2) is 0 Å². The largest absolute Gasteiger partial charge is 0.454 e. The van der Waals surface area contributed by atoms with E-state index in [0.717, 1.165) is 56.1 Å². The third-order valence-electron chi connectivity index (χ3n) is 15.5. The van der Waals surface area contributed by atoms with Gasteiger partial charge in [-0.1, -0.05) is 184 Å². The summed E-state index contributed by atoms with van der Waals surface area (Å²) in [7, 11) is 0. The van der Waals surface area contributed by atoms with Crippen molar-refractivity contribution in [3.63, 3.8) is 0 Å². The molecule has 1 heterocycles. The van der Waals surface area contributed by atoms with E-state index in [2.05, 4.69) is 273 Å². The van der Waals surface area contributed by atoms with Crippen LogP contribution in [0.5, 0.6) is 0 Å². The molecule has 0 unspecified atom stereocenters. The molecule has 0 spiro atoms. The molecule has 1 aromatic heterocycles. The second-order valence-corrected chi connectivity index (χ2v) is 20.1. The summed E-state index contributed by atoms with van der Waals surface area (Å²) in [4.78, 5) is 4.83. The second-order valence-electron chi connectivity index (χ2n) is 20.1. The molecule has 3 heteroatoms. The first-order valence-corrected chi connectivity index (χ1v) is 25.3. The molecule has 3 nitrogen and oxygen atoms in total. The number of hydrogen-bond donors (Lipinski definition) is 0. The first-order chi connectivity index (χ1) is 35.9. The Balaban J connectivity index is 0.959. The molecule has 14 rings (SSSR count). The van der Waals surface area contributed by atoms with Crippen molar-refractivity contribution < 1.29 is 4.42 Å². The third kappa shape index (κ3) is 6.88. The van der Waals surface area contributed by atoms with E-state index in [0.29, 0.717) is 0 Å². The second kappa shape index (κ2) is 16.7. The zero-order valence-corrected chi connectivity index (χ0v) is 41.0. The Hall–Kier alpha value is -9.18. The predicted molar refractivity (Wildman–Crippen MR) is 309 cm³/mol. The van der Waals surface area contributed by atoms with Gasteiger partial charge in [-0.25, -0.2) is 0 Å². The van der Waals surface area contributed by atoms with Crippen molar-refractivity contribution in [2.75, 3.05) is 9.80 Å². The van der Waals surface area contributed by atoms with Gasteiger partial charge in [0, 0.05) is 44.6 Å². The van der Waals surface area contributed by atoms with Crippen LogP contribution in [0.2, 0.25) is 0 Å². The van der Waals surface area contributed by atoms with E-state index in [1.807, 2.05) is 6.07 Å². The van der Waals surface area contributed by atoms with E-state index in [1.165, 1.54) is 82.4 Å². The van der Waals surface area contributed by atoms with E-state index in [-0.39, 0.29) is 5.41 Å². The zero-order valence-electron chi connectivity index (χ0n) is 41.0. The molecule has 0 saturated heterocycles. The molecule has 0 radical (unpaired) electrons. The molecule has 0 atom stereocenters. The van der Waals surface area contributed by atoms with Crippen LogP contribution in [0.15, 0.2) is 253 Å². The minimum atomic E-state index is -0.336. The molecule has 73 heavy (non-hydrogen) atoms. The molecule has 1 aliphatic rings. The molecule has 0 fully saturated rings. The molecule has 1 aliphatic carbocycles. The monoisotopic (exact) mass is 934 g/mol. The number of para-hydroxylation sites is 3. The third-order valence-corrected chi connectivity index (χ3v) is 15.5. The highest BCUT2D eigenvalue weighted by molar-refractivity contribution is 6.19. The van der Waals surface area contributed by atoms with Gasteiger partial charge < -0.3 is 14.2 Å². The lowest BCUT2D eigenvalue weighted by Gasteiger charge is -2.37. The Morgan fingerprint density at radius 3 is 1.73 bits per heavy atom. The van der Waals surface area contributed by atoms with Gasteiger partial charge in [0.15, 0.2) is 5.58 Å². The van der Waals surface area contributed by atoms with E-state index in [9.17, 15) is 0 Å². The highest BCUT2D eigenvalue weighted by atomic mass is 16.3. The van der Waals surface area contributed by atoms with Gasteiger partial charge in [0.25, 0.3) is 0 Å². The lowest BCUT2D eigenvalue weighted by atomic mass is 9.67. The maximum absolute atomic E-state index is 6.77. The quantitative estimate of drug-likeness (QED) is 0.142. The topological polar surface area (TPSA) is 19.6 Å². The number of furan rings is 1. The Labute approximate surface area is 425 Å². The first kappa shape index (κ1) is 42.7. The van der Waals surface area contributed by atoms with Crippen LogP contribution in [0.3, 0.4) is 0 Å². The lowest BCUT2D eigenvalue weighted by molar-refractivity contribution is 0.645. The molecular formula is C70H50N2O. The van der Waals surface area contributed by atoms with E-state index in [4.69, 9.17) is 4.42 Å². The van der Waals surface area contributed by atoms with Crippen LogP contribution >= 0.6 is 0 Å². The summed E-state index contributed by atoms with van der Waals surface area (Å²) < 4.78 is 6.77. The van der Waals surface area contributed by atoms with Gasteiger partial charge in [0.1, 0.15) is 5.58 Å². The summed E-state index contributed by atoms with van der Waals surface area (Å²) in [6.45, 7) is 7.15. The summed E-state index contributed by atoms with van der Waals surface area (Å²) in [6, 6.07) is 90.8. The number of aryl methyl sites for hydroxylation is 1. The molecule has 13 aromatic rings. The Morgan fingerprint density at radius 2 is 0.959 bits per heavy atom. The highest BCUT2D eigenvalue weighted by Crippen LogP contribution is 2.54. The van der Waals surface area contributed by atoms with Crippen LogP contribution in [0.25, 0.3) is 87.6 Å². The minimum Gasteiger partial charge on any atom is -0.454 e. The van der Waals surface area contributed by atoms with Crippen molar-refractivity contribution in [3.8, 4) is 33.4 Å². The molecule has 346 valence electrons. The standard InChI is InChI=1S/C70H50N2O/c1-45-57-37-35-54(71(52-25-11-6-12-26-52)56-41-50(46-19-7-4-8-20-46)39-51(42-56)47-21-9-5-10-22-47)43-62(57)59-28-17-30-63-68(59)67(45)61-38-36-55(44-64(61)70(63,2)3)72(53-34-33-48-23-13-14-24-49(48)40-53)65-31-18-29-60-58-27-15-16-32-66(58)73-69(60)65/h4-44H,1-3H3. The number of fused-ring (bicyclic) bond motifs is 8. The number of anilines is 6. The fraction of sp³-hybridized carbons (Fsp3) is 0.0571. The molecule has 0 saturated carbocycles. The van der Waals surface area contributed by atoms with Crippen LogP contribution in [0, 0.1) is 6.92 Å². The molecule has 0 aliphatic heterocycles. The first-order valence-electron chi connectivity index (χ1n) is 25.3. The van der Waals surface area contributed by atoms with Crippen LogP contribution in [-0.2, 0) is 5.41 Å². The Kier molecular flexibility index (Phi) is 9.78. The summed E-state index contributed by atoms with van der Waals surface area (Å²) in [5.74, 6) is 0. The van der Waals surface area contributed by atoms with Crippen LogP contribution in [0.4, 0.5) is 34.1 Å². The van der Waals surface area contributed by atoms with Crippen molar-refractivity contribution in [3.05, 3.63) is 265 Å². The van der Waals surface area contributed by atoms with Gasteiger partial charge in [-0.2, -0.15) is 0 Å². The van der Waals surface area contributed by atoms with Crippen LogP contribution in [0.1, 0.15) is 30.5 Å². The smallest absolute Gasteiger partial charge is 0.159 e. The normalized spacial score (nSPS) is 12.7. The zero-order chi connectivity index (χ0) is 48.8. The van der Waals surface area contributed by atoms with Gasteiger partial charge in [-0.05, 0) is 168 Å². The van der Waals surface area contributed by atoms with E-state index >= 15 is 0 Å². The van der Waals surface area contributed by atoms with E-state index < -0.39 is 0 Å². The highest BCUT2D eigenvalue weighted by Gasteiger charge is 2.36. The molecule has 12 aromatic carbocycles. The predicted octanol–water partition coefficient (Wildman–Crippen LogP) is 19.9. The fourth-order valence-corrected chi connectivity index (χ4v) is 12.0. The average molecular weight is 935 g/mol. The van der Waals surface area contributed by atoms with Crippen molar-refractivity contribution in [1.29, 1.82) is 0 Å². The summed E-state index contributed by atoms with van der Waals surface area (Å²) in [5, 5.41) is 9.72. The van der Waals surface area contributed by atoms with Crippen LogP contribution < -0.4 is 9.80 Å². The SMILES string of the molecule is Cc1c2c3c(cccc3c3cc(N(c4ccccc4)c4cc(-c5ccccc5)cc(-c5ccccc5)c4)ccc13)C(C)(C)c1cc(N(c3ccc4ccccc4c3)c3cccc4c3oc3ccccc34)ccc1-2. The van der Waals surface area contributed by atoms with Gasteiger partial charge >= 0.3 is 0 Å². The summed E-state index contributed by atoms with van der Waals surface area (Å²) >= 11 is 0. The van der Waals surface area contributed by atoms with Gasteiger partial charge in [-0.3, -0.25) is 0 Å². The maximum atomic E-state index is 6.77.